The molecule has 2 aromatic carbocycles. The molecule has 1 N–H and O–H groups in total. The van der Waals surface area contributed by atoms with Crippen LogP contribution in [0.1, 0.15) is 5.69 Å². The fraction of sp³-hybridized carbons (Fsp3) is 0.0952. The van der Waals surface area contributed by atoms with E-state index in [0.717, 1.165) is 11.1 Å². The second-order valence-corrected chi connectivity index (χ2v) is 5.50. The normalized spacial score (nSPS) is 12.2. The zero-order chi connectivity index (χ0) is 17.5. The molecule has 25 heavy (non-hydrogen) atoms. The van der Waals surface area contributed by atoms with Crippen LogP contribution in [-0.2, 0) is 0 Å². The van der Waals surface area contributed by atoms with Gasteiger partial charge < -0.3 is 9.84 Å². The minimum atomic E-state index is -0.852. The number of aromatic nitrogens is 1. The summed E-state index contributed by atoms with van der Waals surface area (Å²) in [6.07, 6.45) is 3.56. The SMILES string of the molecule is OC(C=Cc1ncccc1F)COc1ccc(-c2ccccc2)cc1. The summed E-state index contributed by atoms with van der Waals surface area (Å²) >= 11 is 0. The number of hydrogen-bond donors (Lipinski definition) is 1. The fourth-order valence-corrected chi connectivity index (χ4v) is 2.33. The maximum atomic E-state index is 13.4. The Bertz CT molecular complexity index is 832. The monoisotopic (exact) mass is 335 g/mol. The highest BCUT2D eigenvalue weighted by Crippen LogP contribution is 2.22. The van der Waals surface area contributed by atoms with E-state index >= 15 is 0 Å². The molecular weight excluding hydrogens is 317 g/mol. The number of aliphatic hydroxyl groups is 1. The summed E-state index contributed by atoms with van der Waals surface area (Å²) in [5, 5.41) is 9.93. The van der Waals surface area contributed by atoms with Gasteiger partial charge in [0, 0.05) is 6.20 Å². The minimum absolute atomic E-state index is 0.0790. The van der Waals surface area contributed by atoms with Gasteiger partial charge in [-0.05, 0) is 41.5 Å². The molecular formula is C21H18FNO2. The van der Waals surface area contributed by atoms with Crippen molar-refractivity contribution in [2.24, 2.45) is 0 Å². The zero-order valence-corrected chi connectivity index (χ0v) is 13.5. The first kappa shape index (κ1) is 16.9. The molecule has 1 atom stereocenters. The number of nitrogens with zero attached hydrogens (tertiary/aromatic N) is 1. The maximum Gasteiger partial charge on any atom is 0.148 e. The topological polar surface area (TPSA) is 42.4 Å². The van der Waals surface area contributed by atoms with Crippen molar-refractivity contribution in [3.63, 3.8) is 0 Å². The Labute approximate surface area is 146 Å². The van der Waals surface area contributed by atoms with Gasteiger partial charge >= 0.3 is 0 Å². The van der Waals surface area contributed by atoms with Crippen molar-refractivity contribution < 1.29 is 14.2 Å². The van der Waals surface area contributed by atoms with E-state index in [1.807, 2.05) is 54.6 Å². The Hall–Kier alpha value is -2.98. The molecule has 0 fully saturated rings. The summed E-state index contributed by atoms with van der Waals surface area (Å²) in [4.78, 5) is 3.89. The highest BCUT2D eigenvalue weighted by molar-refractivity contribution is 5.63. The molecule has 0 spiro atoms. The molecule has 1 unspecified atom stereocenters. The first-order valence-corrected chi connectivity index (χ1v) is 7.97. The van der Waals surface area contributed by atoms with Gasteiger partial charge in [-0.1, -0.05) is 48.5 Å². The number of halogens is 1. The van der Waals surface area contributed by atoms with Crippen LogP contribution < -0.4 is 4.74 Å². The van der Waals surface area contributed by atoms with Crippen molar-refractivity contribution in [3.8, 4) is 16.9 Å². The Morgan fingerprint density at radius 1 is 0.960 bits per heavy atom. The number of rotatable bonds is 6. The predicted octanol–water partition coefficient (Wildman–Crippen LogP) is 4.34. The summed E-state index contributed by atoms with van der Waals surface area (Å²) in [6.45, 7) is 0.0790. The molecule has 0 amide bonds. The highest BCUT2D eigenvalue weighted by Gasteiger charge is 2.04. The quantitative estimate of drug-likeness (QED) is 0.728. The van der Waals surface area contributed by atoms with Crippen LogP contribution in [0.4, 0.5) is 4.39 Å². The molecule has 126 valence electrons. The summed E-state index contributed by atoms with van der Waals surface area (Å²) in [6, 6.07) is 20.5. The Morgan fingerprint density at radius 2 is 1.68 bits per heavy atom. The molecule has 0 aliphatic rings. The lowest BCUT2D eigenvalue weighted by Gasteiger charge is -2.10. The Balaban J connectivity index is 1.55. The van der Waals surface area contributed by atoms with Gasteiger partial charge in [0.05, 0.1) is 5.69 Å². The molecule has 1 aromatic heterocycles. The third-order valence-corrected chi connectivity index (χ3v) is 3.65. The van der Waals surface area contributed by atoms with Crippen LogP contribution in [0.2, 0.25) is 0 Å². The first-order chi connectivity index (χ1) is 12.2. The second-order valence-electron chi connectivity index (χ2n) is 5.50. The van der Waals surface area contributed by atoms with Gasteiger partial charge in [-0.15, -0.1) is 0 Å². The highest BCUT2D eigenvalue weighted by atomic mass is 19.1. The zero-order valence-electron chi connectivity index (χ0n) is 13.5. The first-order valence-electron chi connectivity index (χ1n) is 7.97. The van der Waals surface area contributed by atoms with E-state index in [-0.39, 0.29) is 12.3 Å². The number of ether oxygens (including phenoxy) is 1. The third kappa shape index (κ3) is 4.75. The van der Waals surface area contributed by atoms with Crippen molar-refractivity contribution >= 4 is 6.08 Å². The molecule has 3 rings (SSSR count). The van der Waals surface area contributed by atoms with Crippen LogP contribution in [0, 0.1) is 5.82 Å². The number of hydrogen-bond acceptors (Lipinski definition) is 3. The molecule has 0 bridgehead atoms. The van der Waals surface area contributed by atoms with E-state index in [0.29, 0.717) is 5.75 Å². The Kier molecular flexibility index (Phi) is 5.54. The van der Waals surface area contributed by atoms with E-state index in [1.165, 1.54) is 30.5 Å². The molecule has 0 saturated heterocycles. The number of pyridine rings is 1. The summed E-state index contributed by atoms with van der Waals surface area (Å²) in [7, 11) is 0. The van der Waals surface area contributed by atoms with Gasteiger partial charge in [-0.2, -0.15) is 0 Å². The average molecular weight is 335 g/mol. The molecule has 0 aliphatic heterocycles. The van der Waals surface area contributed by atoms with E-state index in [4.69, 9.17) is 4.74 Å². The van der Waals surface area contributed by atoms with Crippen LogP contribution in [0.15, 0.2) is 79.0 Å². The third-order valence-electron chi connectivity index (χ3n) is 3.65. The second kappa shape index (κ2) is 8.22. The van der Waals surface area contributed by atoms with Gasteiger partial charge in [0.15, 0.2) is 0 Å². The van der Waals surface area contributed by atoms with Gasteiger partial charge in [-0.25, -0.2) is 4.39 Å². The van der Waals surface area contributed by atoms with Gasteiger partial charge in [-0.3, -0.25) is 4.98 Å². The summed E-state index contributed by atoms with van der Waals surface area (Å²) in [5.74, 6) is 0.236. The average Bonchev–Trinajstić information content (AvgIpc) is 2.67. The molecule has 1 heterocycles. The number of aliphatic hydroxyl groups excluding tert-OH is 1. The lowest BCUT2D eigenvalue weighted by atomic mass is 10.1. The smallest absolute Gasteiger partial charge is 0.148 e. The molecule has 3 nitrogen and oxygen atoms in total. The van der Waals surface area contributed by atoms with Crippen LogP contribution in [0.3, 0.4) is 0 Å². The van der Waals surface area contributed by atoms with Crippen molar-refractivity contribution in [1.29, 1.82) is 0 Å². The van der Waals surface area contributed by atoms with E-state index in [1.54, 1.807) is 0 Å². The summed E-state index contributed by atoms with van der Waals surface area (Å²) < 4.78 is 19.0. The van der Waals surface area contributed by atoms with Crippen molar-refractivity contribution in [2.75, 3.05) is 6.61 Å². The van der Waals surface area contributed by atoms with Gasteiger partial charge in [0.1, 0.15) is 24.3 Å². The van der Waals surface area contributed by atoms with Crippen molar-refractivity contribution in [2.45, 2.75) is 6.10 Å². The van der Waals surface area contributed by atoms with Crippen LogP contribution in [0.5, 0.6) is 5.75 Å². The molecule has 0 saturated carbocycles. The molecule has 0 radical (unpaired) electrons. The lowest BCUT2D eigenvalue weighted by Crippen LogP contribution is -2.14. The largest absolute Gasteiger partial charge is 0.491 e. The lowest BCUT2D eigenvalue weighted by molar-refractivity contribution is 0.145. The molecule has 3 aromatic rings. The maximum absolute atomic E-state index is 13.4. The van der Waals surface area contributed by atoms with Crippen LogP contribution >= 0.6 is 0 Å². The van der Waals surface area contributed by atoms with Crippen LogP contribution in [-0.4, -0.2) is 22.8 Å². The van der Waals surface area contributed by atoms with Gasteiger partial charge in [0.2, 0.25) is 0 Å². The van der Waals surface area contributed by atoms with Crippen LogP contribution in [0.25, 0.3) is 17.2 Å². The van der Waals surface area contributed by atoms with E-state index in [9.17, 15) is 9.50 Å². The predicted molar refractivity (Wildman–Crippen MR) is 96.6 cm³/mol. The van der Waals surface area contributed by atoms with Crippen molar-refractivity contribution in [1.82, 2.24) is 4.98 Å². The molecule has 4 heteroatoms. The Morgan fingerprint density at radius 3 is 2.40 bits per heavy atom. The van der Waals surface area contributed by atoms with Gasteiger partial charge in [0.25, 0.3) is 0 Å². The summed E-state index contributed by atoms with van der Waals surface area (Å²) in [5.41, 5.74) is 2.42. The van der Waals surface area contributed by atoms with E-state index in [2.05, 4.69) is 4.98 Å². The number of benzene rings is 2. The standard InChI is InChI=1S/C21H18FNO2/c22-20-7-4-14-23-21(20)13-10-18(24)15-25-19-11-8-17(9-12-19)16-5-2-1-3-6-16/h1-14,18,24H,15H2. The van der Waals surface area contributed by atoms with E-state index < -0.39 is 11.9 Å². The fourth-order valence-electron chi connectivity index (χ4n) is 2.33. The minimum Gasteiger partial charge on any atom is -0.491 e. The molecule has 0 aliphatic carbocycles. The van der Waals surface area contributed by atoms with Crippen molar-refractivity contribution in [3.05, 3.63) is 90.5 Å².